The molecule has 0 aromatic carbocycles. The third kappa shape index (κ3) is 1.50. The second-order valence-corrected chi connectivity index (χ2v) is 2.72. The predicted octanol–water partition coefficient (Wildman–Crippen LogP) is 3.12. The fourth-order valence-corrected chi connectivity index (χ4v) is 1.40. The summed E-state index contributed by atoms with van der Waals surface area (Å²) in [5.74, 6) is 0. The van der Waals surface area contributed by atoms with Crippen LogP contribution in [0.2, 0.25) is 0 Å². The molecule has 0 N–H and O–H groups in total. The summed E-state index contributed by atoms with van der Waals surface area (Å²) >= 11 is 1.61. The number of rotatable bonds is 2. The Balaban J connectivity index is 2.76. The quantitative estimate of drug-likeness (QED) is 0.356. The molecule has 1 aromatic rings. The van der Waals surface area contributed by atoms with Crippen molar-refractivity contribution >= 4 is 11.3 Å². The summed E-state index contributed by atoms with van der Waals surface area (Å²) in [7, 11) is 0. The smallest absolute Gasteiger partial charge is 0.0605 e. The fourth-order valence-electron chi connectivity index (χ4n) is 0.657. The summed E-state index contributed by atoms with van der Waals surface area (Å²) in [6.07, 6.45) is 0. The number of nitrogens with zero attached hydrogens (tertiary/aromatic N) is 3. The van der Waals surface area contributed by atoms with Crippen molar-refractivity contribution < 1.29 is 0 Å². The normalized spacial score (nSPS) is 12.1. The molecular formula is C6H7N3S. The molecule has 0 saturated heterocycles. The van der Waals surface area contributed by atoms with E-state index in [-0.39, 0.29) is 6.04 Å². The number of azide groups is 1. The molecule has 1 aromatic heterocycles. The first-order valence-electron chi connectivity index (χ1n) is 2.91. The van der Waals surface area contributed by atoms with Gasteiger partial charge in [-0.3, -0.25) is 0 Å². The van der Waals surface area contributed by atoms with Gasteiger partial charge >= 0.3 is 0 Å². The lowest BCUT2D eigenvalue weighted by molar-refractivity contribution is 0.812. The van der Waals surface area contributed by atoms with Crippen LogP contribution in [0.5, 0.6) is 0 Å². The van der Waals surface area contributed by atoms with E-state index in [2.05, 4.69) is 10.0 Å². The molecule has 1 heterocycles. The number of thiophene rings is 1. The molecule has 3 nitrogen and oxygen atoms in total. The van der Waals surface area contributed by atoms with Gasteiger partial charge in [0.15, 0.2) is 0 Å². The van der Waals surface area contributed by atoms with E-state index in [1.807, 2.05) is 23.8 Å². The minimum absolute atomic E-state index is 0.0313. The lowest BCUT2D eigenvalue weighted by Gasteiger charge is -1.96. The maximum absolute atomic E-state index is 8.10. The van der Waals surface area contributed by atoms with E-state index >= 15 is 0 Å². The van der Waals surface area contributed by atoms with Gasteiger partial charge in [0.2, 0.25) is 0 Å². The van der Waals surface area contributed by atoms with Gasteiger partial charge in [0.25, 0.3) is 0 Å². The Morgan fingerprint density at radius 3 is 3.10 bits per heavy atom. The van der Waals surface area contributed by atoms with Crippen LogP contribution in [0.15, 0.2) is 21.9 Å². The minimum atomic E-state index is -0.0313. The first-order chi connectivity index (χ1) is 4.84. The standard InChI is InChI=1S/C6H7N3S/c1-5(8-9-7)6-2-3-10-4-6/h2-5H,1H3/t5-/m0/s1. The van der Waals surface area contributed by atoms with Crippen molar-refractivity contribution in [3.05, 3.63) is 32.8 Å². The molecule has 0 amide bonds. The molecule has 4 heteroatoms. The van der Waals surface area contributed by atoms with Gasteiger partial charge in [-0.1, -0.05) is 12.0 Å². The van der Waals surface area contributed by atoms with E-state index in [1.165, 1.54) is 0 Å². The van der Waals surface area contributed by atoms with Crippen molar-refractivity contribution in [1.82, 2.24) is 0 Å². The highest BCUT2D eigenvalue weighted by Gasteiger charge is 2.00. The highest BCUT2D eigenvalue weighted by atomic mass is 32.1. The Labute approximate surface area is 62.9 Å². The summed E-state index contributed by atoms with van der Waals surface area (Å²) in [5.41, 5.74) is 9.18. The van der Waals surface area contributed by atoms with Crippen LogP contribution in [-0.2, 0) is 0 Å². The third-order valence-corrected chi connectivity index (χ3v) is 1.95. The summed E-state index contributed by atoms with van der Waals surface area (Å²) in [4.78, 5) is 2.72. The highest BCUT2D eigenvalue weighted by Crippen LogP contribution is 2.18. The molecule has 0 aliphatic carbocycles. The molecule has 1 atom stereocenters. The van der Waals surface area contributed by atoms with Crippen LogP contribution < -0.4 is 0 Å². The number of hydrogen-bond donors (Lipinski definition) is 0. The maximum atomic E-state index is 8.10. The van der Waals surface area contributed by atoms with Gasteiger partial charge in [-0.15, -0.1) is 0 Å². The molecular weight excluding hydrogens is 146 g/mol. The van der Waals surface area contributed by atoms with Crippen LogP contribution in [0, 0.1) is 0 Å². The van der Waals surface area contributed by atoms with Gasteiger partial charge in [0, 0.05) is 4.91 Å². The second kappa shape index (κ2) is 3.25. The maximum Gasteiger partial charge on any atom is 0.0605 e. The molecule has 0 unspecified atom stereocenters. The van der Waals surface area contributed by atoms with Crippen LogP contribution >= 0.6 is 11.3 Å². The van der Waals surface area contributed by atoms with Gasteiger partial charge in [-0.2, -0.15) is 11.3 Å². The molecule has 0 spiro atoms. The average molecular weight is 153 g/mol. The Morgan fingerprint density at radius 1 is 1.80 bits per heavy atom. The lowest BCUT2D eigenvalue weighted by atomic mass is 10.2. The zero-order valence-corrected chi connectivity index (χ0v) is 6.38. The molecule has 0 saturated carbocycles. The molecule has 0 fully saturated rings. The Kier molecular flexibility index (Phi) is 2.31. The zero-order chi connectivity index (χ0) is 7.40. The van der Waals surface area contributed by atoms with Crippen molar-refractivity contribution in [2.45, 2.75) is 13.0 Å². The van der Waals surface area contributed by atoms with Crippen molar-refractivity contribution in [3.8, 4) is 0 Å². The van der Waals surface area contributed by atoms with E-state index in [4.69, 9.17) is 5.53 Å². The van der Waals surface area contributed by atoms with Crippen LogP contribution in [-0.4, -0.2) is 0 Å². The first kappa shape index (κ1) is 7.12. The van der Waals surface area contributed by atoms with E-state index in [1.54, 1.807) is 11.3 Å². The van der Waals surface area contributed by atoms with Gasteiger partial charge in [-0.05, 0) is 27.9 Å². The minimum Gasteiger partial charge on any atom is -0.152 e. The summed E-state index contributed by atoms with van der Waals surface area (Å²) in [5, 5.41) is 7.51. The first-order valence-corrected chi connectivity index (χ1v) is 3.85. The van der Waals surface area contributed by atoms with Crippen molar-refractivity contribution in [2.24, 2.45) is 5.11 Å². The predicted molar refractivity (Wildman–Crippen MR) is 41.9 cm³/mol. The van der Waals surface area contributed by atoms with Crippen molar-refractivity contribution in [1.29, 1.82) is 0 Å². The Morgan fingerprint density at radius 2 is 2.60 bits per heavy atom. The molecule has 52 valence electrons. The monoisotopic (exact) mass is 153 g/mol. The van der Waals surface area contributed by atoms with E-state index in [0.717, 1.165) is 5.56 Å². The van der Waals surface area contributed by atoms with Gasteiger partial charge in [0.05, 0.1) is 6.04 Å². The van der Waals surface area contributed by atoms with E-state index in [0.29, 0.717) is 0 Å². The molecule has 0 radical (unpaired) electrons. The van der Waals surface area contributed by atoms with E-state index in [9.17, 15) is 0 Å². The van der Waals surface area contributed by atoms with Crippen LogP contribution in [0.3, 0.4) is 0 Å². The SMILES string of the molecule is C[C@H](N=[N+]=[N-])c1ccsc1. The van der Waals surface area contributed by atoms with Crippen LogP contribution in [0.1, 0.15) is 18.5 Å². The average Bonchev–Trinajstić information content (AvgIpc) is 2.38. The van der Waals surface area contributed by atoms with Crippen LogP contribution in [0.4, 0.5) is 0 Å². The molecule has 10 heavy (non-hydrogen) atoms. The summed E-state index contributed by atoms with van der Waals surface area (Å²) in [6, 6.07) is 1.93. The Bertz CT molecular complexity index is 236. The summed E-state index contributed by atoms with van der Waals surface area (Å²) < 4.78 is 0. The van der Waals surface area contributed by atoms with Crippen molar-refractivity contribution in [3.63, 3.8) is 0 Å². The molecule has 0 aliphatic rings. The second-order valence-electron chi connectivity index (χ2n) is 1.94. The van der Waals surface area contributed by atoms with Gasteiger partial charge in [0.1, 0.15) is 0 Å². The van der Waals surface area contributed by atoms with Crippen molar-refractivity contribution in [2.75, 3.05) is 0 Å². The molecule has 1 rings (SSSR count). The van der Waals surface area contributed by atoms with Crippen LogP contribution in [0.25, 0.3) is 10.4 Å². The summed E-state index contributed by atoms with van der Waals surface area (Å²) in [6.45, 7) is 1.88. The zero-order valence-electron chi connectivity index (χ0n) is 5.56. The Hall–Kier alpha value is -0.990. The number of hydrogen-bond acceptors (Lipinski definition) is 2. The molecule has 0 bridgehead atoms. The third-order valence-electron chi connectivity index (χ3n) is 1.25. The van der Waals surface area contributed by atoms with Gasteiger partial charge in [-0.25, -0.2) is 0 Å². The largest absolute Gasteiger partial charge is 0.152 e. The van der Waals surface area contributed by atoms with E-state index < -0.39 is 0 Å². The fraction of sp³-hybridized carbons (Fsp3) is 0.333. The highest BCUT2D eigenvalue weighted by molar-refractivity contribution is 7.07. The topological polar surface area (TPSA) is 48.8 Å². The van der Waals surface area contributed by atoms with Gasteiger partial charge < -0.3 is 0 Å². The molecule has 0 aliphatic heterocycles. The lowest BCUT2D eigenvalue weighted by Crippen LogP contribution is -1.81.